The van der Waals surface area contributed by atoms with E-state index in [0.717, 1.165) is 48.1 Å². The fraction of sp³-hybridized carbons (Fsp3) is 0.500. The number of nitrogens with zero attached hydrogens (tertiary/aromatic N) is 3. The van der Waals surface area contributed by atoms with Gasteiger partial charge in [-0.2, -0.15) is 0 Å². The van der Waals surface area contributed by atoms with Crippen molar-refractivity contribution in [1.82, 2.24) is 20.1 Å². The lowest BCUT2D eigenvalue weighted by molar-refractivity contribution is 0.395. The highest BCUT2D eigenvalue weighted by molar-refractivity contribution is 5.40. The Hall–Kier alpha value is -2.08. The van der Waals surface area contributed by atoms with Crippen LogP contribution in [0.25, 0.3) is 0 Å². The van der Waals surface area contributed by atoms with Crippen molar-refractivity contribution in [3.05, 3.63) is 35.4 Å². The van der Waals surface area contributed by atoms with Crippen LogP contribution in [0.5, 0.6) is 11.5 Å². The topological polar surface area (TPSA) is 61.2 Å². The average Bonchev–Trinajstić information content (AvgIpc) is 3.15. The molecule has 2 aromatic rings. The van der Waals surface area contributed by atoms with Crippen molar-refractivity contribution >= 4 is 0 Å². The second kappa shape index (κ2) is 6.36. The summed E-state index contributed by atoms with van der Waals surface area (Å²) in [6.07, 6.45) is 2.19. The third-order valence-electron chi connectivity index (χ3n) is 4.11. The molecule has 0 radical (unpaired) electrons. The minimum atomic E-state index is 0.134. The van der Waals surface area contributed by atoms with Gasteiger partial charge in [0.1, 0.15) is 23.1 Å². The van der Waals surface area contributed by atoms with E-state index in [1.165, 1.54) is 0 Å². The molecule has 0 fully saturated rings. The Morgan fingerprint density at radius 1 is 1.27 bits per heavy atom. The molecule has 118 valence electrons. The maximum Gasteiger partial charge on any atom is 0.149 e. The molecular weight excluding hydrogens is 280 g/mol. The Morgan fingerprint density at radius 3 is 2.91 bits per heavy atom. The predicted molar refractivity (Wildman–Crippen MR) is 83.1 cm³/mol. The van der Waals surface area contributed by atoms with Crippen LogP contribution in [-0.4, -0.2) is 29.0 Å². The third-order valence-corrected chi connectivity index (χ3v) is 4.11. The number of ether oxygens (including phenoxy) is 2. The van der Waals surface area contributed by atoms with Gasteiger partial charge in [-0.05, 0) is 31.5 Å². The van der Waals surface area contributed by atoms with Crippen molar-refractivity contribution in [2.45, 2.75) is 38.9 Å². The van der Waals surface area contributed by atoms with Crippen LogP contribution in [0.4, 0.5) is 0 Å². The smallest absolute Gasteiger partial charge is 0.149 e. The highest BCUT2D eigenvalue weighted by Crippen LogP contribution is 2.25. The molecule has 0 bridgehead atoms. The summed E-state index contributed by atoms with van der Waals surface area (Å²) in [5.41, 5.74) is 1.06. The molecule has 1 atom stereocenters. The monoisotopic (exact) mass is 302 g/mol. The minimum absolute atomic E-state index is 0.134. The van der Waals surface area contributed by atoms with E-state index in [9.17, 15) is 0 Å². The van der Waals surface area contributed by atoms with Gasteiger partial charge in [0.05, 0.1) is 20.3 Å². The van der Waals surface area contributed by atoms with Crippen LogP contribution in [0, 0.1) is 0 Å². The Kier molecular flexibility index (Phi) is 4.29. The minimum Gasteiger partial charge on any atom is -0.497 e. The molecule has 6 heteroatoms. The maximum atomic E-state index is 5.41. The zero-order valence-electron chi connectivity index (χ0n) is 13.3. The molecule has 22 heavy (non-hydrogen) atoms. The first-order chi connectivity index (χ1) is 10.7. The number of fused-ring (bicyclic) bond motifs is 1. The van der Waals surface area contributed by atoms with Crippen LogP contribution in [0.15, 0.2) is 18.2 Å². The van der Waals surface area contributed by atoms with Gasteiger partial charge < -0.3 is 19.4 Å². The van der Waals surface area contributed by atoms with Gasteiger partial charge in [-0.15, -0.1) is 10.2 Å². The number of benzene rings is 1. The van der Waals surface area contributed by atoms with Gasteiger partial charge in [-0.1, -0.05) is 0 Å². The highest BCUT2D eigenvalue weighted by Gasteiger charge is 2.21. The van der Waals surface area contributed by atoms with Crippen molar-refractivity contribution in [3.63, 3.8) is 0 Å². The van der Waals surface area contributed by atoms with Gasteiger partial charge in [0, 0.05) is 25.1 Å². The summed E-state index contributed by atoms with van der Waals surface area (Å²) in [5, 5.41) is 12.1. The van der Waals surface area contributed by atoms with E-state index in [1.54, 1.807) is 14.2 Å². The standard InChI is InChI=1S/C16H22N4O2/c1-11(16-19-18-15-5-4-8-20(15)16)17-10-12-9-13(21-2)6-7-14(12)22-3/h6-7,9,11,17H,4-5,8,10H2,1-3H3. The number of aromatic nitrogens is 3. The Bertz CT molecular complexity index is 654. The summed E-state index contributed by atoms with van der Waals surface area (Å²) in [7, 11) is 3.35. The van der Waals surface area contributed by atoms with Crippen molar-refractivity contribution < 1.29 is 9.47 Å². The van der Waals surface area contributed by atoms with Crippen LogP contribution in [0.1, 0.15) is 36.6 Å². The maximum absolute atomic E-state index is 5.41. The summed E-state index contributed by atoms with van der Waals surface area (Å²) in [6, 6.07) is 5.95. The van der Waals surface area contributed by atoms with Gasteiger partial charge in [-0.3, -0.25) is 0 Å². The van der Waals surface area contributed by atoms with Crippen molar-refractivity contribution in [2.75, 3.05) is 14.2 Å². The molecule has 1 aliphatic heterocycles. The summed E-state index contributed by atoms with van der Waals surface area (Å²) < 4.78 is 12.9. The molecule has 0 saturated heterocycles. The molecule has 1 aliphatic rings. The predicted octanol–water partition coefficient (Wildman–Crippen LogP) is 2.09. The summed E-state index contributed by atoms with van der Waals surface area (Å²) in [5.74, 6) is 3.79. The fourth-order valence-electron chi connectivity index (χ4n) is 2.87. The second-order valence-corrected chi connectivity index (χ2v) is 5.51. The zero-order valence-corrected chi connectivity index (χ0v) is 13.3. The van der Waals surface area contributed by atoms with Crippen LogP contribution in [0.2, 0.25) is 0 Å². The number of hydrogen-bond donors (Lipinski definition) is 1. The lowest BCUT2D eigenvalue weighted by Gasteiger charge is -2.16. The van der Waals surface area contributed by atoms with E-state index in [1.807, 2.05) is 18.2 Å². The van der Waals surface area contributed by atoms with Crippen molar-refractivity contribution in [2.24, 2.45) is 0 Å². The van der Waals surface area contributed by atoms with Gasteiger partial charge in [-0.25, -0.2) is 0 Å². The largest absolute Gasteiger partial charge is 0.497 e. The molecule has 0 amide bonds. The summed E-state index contributed by atoms with van der Waals surface area (Å²) in [6.45, 7) is 3.82. The van der Waals surface area contributed by atoms with Gasteiger partial charge >= 0.3 is 0 Å². The quantitative estimate of drug-likeness (QED) is 0.885. The van der Waals surface area contributed by atoms with E-state index in [-0.39, 0.29) is 6.04 Å². The first-order valence-electron chi connectivity index (χ1n) is 7.59. The van der Waals surface area contributed by atoms with Gasteiger partial charge in [0.15, 0.2) is 0 Å². The molecule has 3 rings (SSSR count). The van der Waals surface area contributed by atoms with Crippen molar-refractivity contribution in [3.8, 4) is 11.5 Å². The molecule has 2 heterocycles. The number of nitrogens with one attached hydrogen (secondary N) is 1. The molecule has 0 aliphatic carbocycles. The molecular formula is C16H22N4O2. The van der Waals surface area contributed by atoms with Crippen LogP contribution in [0.3, 0.4) is 0 Å². The van der Waals surface area contributed by atoms with E-state index < -0.39 is 0 Å². The summed E-state index contributed by atoms with van der Waals surface area (Å²) >= 11 is 0. The number of methoxy groups -OCH3 is 2. The molecule has 1 unspecified atom stereocenters. The lowest BCUT2D eigenvalue weighted by atomic mass is 10.1. The molecule has 1 N–H and O–H groups in total. The van der Waals surface area contributed by atoms with E-state index in [4.69, 9.17) is 9.47 Å². The van der Waals surface area contributed by atoms with Gasteiger partial charge in [0.2, 0.25) is 0 Å². The molecule has 0 spiro atoms. The van der Waals surface area contributed by atoms with Crippen LogP contribution >= 0.6 is 0 Å². The fourth-order valence-corrected chi connectivity index (χ4v) is 2.87. The second-order valence-electron chi connectivity index (χ2n) is 5.51. The molecule has 6 nitrogen and oxygen atoms in total. The Balaban J connectivity index is 1.71. The van der Waals surface area contributed by atoms with E-state index in [2.05, 4.69) is 27.0 Å². The number of hydrogen-bond acceptors (Lipinski definition) is 5. The number of rotatable bonds is 6. The summed E-state index contributed by atoms with van der Waals surface area (Å²) in [4.78, 5) is 0. The van der Waals surface area contributed by atoms with E-state index >= 15 is 0 Å². The van der Waals surface area contributed by atoms with Crippen LogP contribution in [-0.2, 0) is 19.5 Å². The van der Waals surface area contributed by atoms with Crippen LogP contribution < -0.4 is 14.8 Å². The SMILES string of the molecule is COc1ccc(OC)c(CNC(C)c2nnc3n2CCC3)c1. The molecule has 0 saturated carbocycles. The lowest BCUT2D eigenvalue weighted by Crippen LogP contribution is -2.22. The first kappa shape index (κ1) is 14.8. The van der Waals surface area contributed by atoms with E-state index in [0.29, 0.717) is 6.54 Å². The zero-order chi connectivity index (χ0) is 15.5. The number of aryl methyl sites for hydroxylation is 1. The molecule has 1 aromatic carbocycles. The normalized spacial score (nSPS) is 14.7. The highest BCUT2D eigenvalue weighted by atomic mass is 16.5. The first-order valence-corrected chi connectivity index (χ1v) is 7.59. The molecule has 1 aromatic heterocycles. The average molecular weight is 302 g/mol. The third kappa shape index (κ3) is 2.78. The Labute approximate surface area is 130 Å². The van der Waals surface area contributed by atoms with Crippen molar-refractivity contribution in [1.29, 1.82) is 0 Å². The van der Waals surface area contributed by atoms with Gasteiger partial charge in [0.25, 0.3) is 0 Å². The Morgan fingerprint density at radius 2 is 2.14 bits per heavy atom.